The van der Waals surface area contributed by atoms with Crippen LogP contribution in [0.4, 0.5) is 4.79 Å². The molecule has 0 bridgehead atoms. The number of rotatable bonds is 4. The third-order valence-electron chi connectivity index (χ3n) is 2.17. The molecule has 94 valence electrons. The van der Waals surface area contributed by atoms with E-state index in [0.717, 1.165) is 23.1 Å². The molecule has 2 rings (SSSR count). The summed E-state index contributed by atoms with van der Waals surface area (Å²) in [5, 5.41) is 1.86. The van der Waals surface area contributed by atoms with Crippen molar-refractivity contribution in [3.63, 3.8) is 0 Å². The molecule has 0 aliphatic carbocycles. The molecule has 1 aliphatic heterocycles. The average Bonchev–Trinajstić information content (AvgIpc) is 2.67. The maximum atomic E-state index is 11.3. The maximum absolute atomic E-state index is 11.3. The number of halogens is 1. The number of imide groups is 1. The minimum absolute atomic E-state index is 0.340. The second-order valence-electron chi connectivity index (χ2n) is 3.46. The molecule has 0 unspecified atom stereocenters. The van der Waals surface area contributed by atoms with Crippen molar-refractivity contribution < 1.29 is 14.3 Å². The lowest BCUT2D eigenvalue weighted by atomic mass is 10.2. The van der Waals surface area contributed by atoms with Gasteiger partial charge in [0.05, 0.1) is 10.8 Å². The fourth-order valence-corrected chi connectivity index (χ4v) is 2.15. The van der Waals surface area contributed by atoms with Crippen LogP contribution in [0, 0.1) is 0 Å². The lowest BCUT2D eigenvalue weighted by Crippen LogP contribution is -2.17. The van der Waals surface area contributed by atoms with Crippen LogP contribution in [-0.2, 0) is 4.79 Å². The Kier molecular flexibility index (Phi) is 4.28. The standard InChI is InChI=1S/C12H10ClNO3S/c13-5-6-17-9-3-1-8(2-4-9)7-10-11(15)14-12(16)18-10/h1-4,7H,5-6H2,(H,14,15,16)/b10-7-. The van der Waals surface area contributed by atoms with Crippen LogP contribution in [0.2, 0.25) is 0 Å². The van der Waals surface area contributed by atoms with E-state index in [0.29, 0.717) is 17.4 Å². The summed E-state index contributed by atoms with van der Waals surface area (Å²) in [7, 11) is 0. The Labute approximate surface area is 113 Å². The van der Waals surface area contributed by atoms with E-state index < -0.39 is 0 Å². The number of hydrogen-bond donors (Lipinski definition) is 1. The number of nitrogens with one attached hydrogen (secondary N) is 1. The summed E-state index contributed by atoms with van der Waals surface area (Å²) in [5.41, 5.74) is 0.834. The number of thioether (sulfide) groups is 1. The van der Waals surface area contributed by atoms with Crippen LogP contribution in [0.5, 0.6) is 5.75 Å². The Bertz CT molecular complexity index is 499. The Balaban J connectivity index is 2.08. The molecule has 6 heteroatoms. The number of hydrogen-bond acceptors (Lipinski definition) is 4. The van der Waals surface area contributed by atoms with Crippen molar-refractivity contribution in [3.8, 4) is 5.75 Å². The first kappa shape index (κ1) is 13.0. The zero-order valence-corrected chi connectivity index (χ0v) is 10.9. The van der Waals surface area contributed by atoms with Gasteiger partial charge in [-0.2, -0.15) is 0 Å². The zero-order chi connectivity index (χ0) is 13.0. The van der Waals surface area contributed by atoms with Crippen LogP contribution >= 0.6 is 23.4 Å². The molecule has 4 nitrogen and oxygen atoms in total. The van der Waals surface area contributed by atoms with Gasteiger partial charge >= 0.3 is 0 Å². The van der Waals surface area contributed by atoms with Crippen LogP contribution in [0.3, 0.4) is 0 Å². The highest BCUT2D eigenvalue weighted by Crippen LogP contribution is 2.26. The number of carbonyl (C=O) groups excluding carboxylic acids is 2. The molecule has 1 heterocycles. The Morgan fingerprint density at radius 3 is 2.56 bits per heavy atom. The first-order valence-electron chi connectivity index (χ1n) is 5.23. The van der Waals surface area contributed by atoms with Gasteiger partial charge in [-0.05, 0) is 35.5 Å². The van der Waals surface area contributed by atoms with E-state index >= 15 is 0 Å². The van der Waals surface area contributed by atoms with E-state index in [1.807, 2.05) is 12.1 Å². The molecular formula is C12H10ClNO3S. The number of ether oxygens (including phenoxy) is 1. The van der Waals surface area contributed by atoms with E-state index in [4.69, 9.17) is 16.3 Å². The van der Waals surface area contributed by atoms with Gasteiger partial charge in [0.15, 0.2) is 0 Å². The monoisotopic (exact) mass is 283 g/mol. The average molecular weight is 284 g/mol. The summed E-state index contributed by atoms with van der Waals surface area (Å²) in [6.07, 6.45) is 1.66. The summed E-state index contributed by atoms with van der Waals surface area (Å²) >= 11 is 6.41. The molecule has 1 aromatic rings. The zero-order valence-electron chi connectivity index (χ0n) is 9.31. The molecule has 0 spiro atoms. The summed E-state index contributed by atoms with van der Waals surface area (Å²) in [4.78, 5) is 22.7. The molecule has 0 atom stereocenters. The van der Waals surface area contributed by atoms with Gasteiger partial charge in [0.2, 0.25) is 0 Å². The Morgan fingerprint density at radius 1 is 1.28 bits per heavy atom. The molecule has 1 saturated heterocycles. The van der Waals surface area contributed by atoms with Crippen LogP contribution < -0.4 is 10.1 Å². The third kappa shape index (κ3) is 3.27. The van der Waals surface area contributed by atoms with E-state index in [1.54, 1.807) is 18.2 Å². The predicted molar refractivity (Wildman–Crippen MR) is 71.8 cm³/mol. The highest BCUT2D eigenvalue weighted by Gasteiger charge is 2.24. The van der Waals surface area contributed by atoms with Crippen molar-refractivity contribution in [1.82, 2.24) is 5.32 Å². The Hall–Kier alpha value is -1.46. The summed E-state index contributed by atoms with van der Waals surface area (Å²) in [6.45, 7) is 0.453. The normalized spacial score (nSPS) is 17.1. The van der Waals surface area contributed by atoms with Gasteiger partial charge < -0.3 is 4.74 Å². The van der Waals surface area contributed by atoms with Crippen LogP contribution in [0.1, 0.15) is 5.56 Å². The lowest BCUT2D eigenvalue weighted by molar-refractivity contribution is -0.115. The molecule has 2 amide bonds. The largest absolute Gasteiger partial charge is 0.492 e. The smallest absolute Gasteiger partial charge is 0.290 e. The summed E-state index contributed by atoms with van der Waals surface area (Å²) in [5.74, 6) is 0.801. The molecule has 1 aromatic carbocycles. The van der Waals surface area contributed by atoms with Crippen molar-refractivity contribution in [2.24, 2.45) is 0 Å². The topological polar surface area (TPSA) is 55.4 Å². The fraction of sp³-hybridized carbons (Fsp3) is 0.167. The van der Waals surface area contributed by atoms with Crippen molar-refractivity contribution in [2.45, 2.75) is 0 Å². The lowest BCUT2D eigenvalue weighted by Gasteiger charge is -2.03. The third-order valence-corrected chi connectivity index (χ3v) is 3.13. The molecule has 18 heavy (non-hydrogen) atoms. The second kappa shape index (κ2) is 5.93. The minimum Gasteiger partial charge on any atom is -0.492 e. The van der Waals surface area contributed by atoms with Gasteiger partial charge in [-0.1, -0.05) is 12.1 Å². The van der Waals surface area contributed by atoms with Crippen LogP contribution in [0.15, 0.2) is 29.2 Å². The summed E-state index contributed by atoms with van der Waals surface area (Å²) < 4.78 is 5.33. The molecule has 1 aliphatic rings. The first-order valence-corrected chi connectivity index (χ1v) is 6.58. The van der Waals surface area contributed by atoms with Gasteiger partial charge in [0, 0.05) is 0 Å². The molecular weight excluding hydrogens is 274 g/mol. The van der Waals surface area contributed by atoms with Crippen molar-refractivity contribution in [1.29, 1.82) is 0 Å². The molecule has 0 radical (unpaired) electrons. The minimum atomic E-state index is -0.354. The highest BCUT2D eigenvalue weighted by molar-refractivity contribution is 8.18. The second-order valence-corrected chi connectivity index (χ2v) is 4.85. The van der Waals surface area contributed by atoms with Crippen LogP contribution in [-0.4, -0.2) is 23.6 Å². The fourth-order valence-electron chi connectivity index (χ4n) is 1.39. The maximum Gasteiger partial charge on any atom is 0.290 e. The van der Waals surface area contributed by atoms with E-state index in [2.05, 4.69) is 5.32 Å². The van der Waals surface area contributed by atoms with E-state index in [9.17, 15) is 9.59 Å². The van der Waals surface area contributed by atoms with Gasteiger partial charge in [0.1, 0.15) is 12.4 Å². The SMILES string of the molecule is O=C1NC(=O)/C(=C/c2ccc(OCCCl)cc2)S1. The number of carbonyl (C=O) groups is 2. The van der Waals surface area contributed by atoms with Gasteiger partial charge in [0.25, 0.3) is 11.1 Å². The summed E-state index contributed by atoms with van der Waals surface area (Å²) in [6, 6.07) is 7.21. The van der Waals surface area contributed by atoms with Crippen molar-refractivity contribution >= 4 is 40.6 Å². The first-order chi connectivity index (χ1) is 8.69. The van der Waals surface area contributed by atoms with Crippen LogP contribution in [0.25, 0.3) is 6.08 Å². The number of amides is 2. The predicted octanol–water partition coefficient (Wildman–Crippen LogP) is 2.63. The highest BCUT2D eigenvalue weighted by atomic mass is 35.5. The molecule has 0 saturated carbocycles. The van der Waals surface area contributed by atoms with Gasteiger partial charge in [-0.3, -0.25) is 14.9 Å². The van der Waals surface area contributed by atoms with E-state index in [1.165, 1.54) is 0 Å². The van der Waals surface area contributed by atoms with E-state index in [-0.39, 0.29) is 11.1 Å². The molecule has 0 aromatic heterocycles. The Morgan fingerprint density at radius 2 is 2.00 bits per heavy atom. The van der Waals surface area contributed by atoms with Gasteiger partial charge in [-0.25, -0.2) is 0 Å². The molecule has 1 N–H and O–H groups in total. The molecule has 1 fully saturated rings. The van der Waals surface area contributed by atoms with Crippen molar-refractivity contribution in [2.75, 3.05) is 12.5 Å². The quantitative estimate of drug-likeness (QED) is 0.682. The number of alkyl halides is 1. The van der Waals surface area contributed by atoms with Crippen molar-refractivity contribution in [3.05, 3.63) is 34.7 Å². The van der Waals surface area contributed by atoms with Gasteiger partial charge in [-0.15, -0.1) is 11.6 Å². The number of benzene rings is 1.